The average molecular weight is 263 g/mol. The molecule has 1 saturated heterocycles. The number of nitrogens with zero attached hydrogens (tertiary/aromatic N) is 2. The van der Waals surface area contributed by atoms with Gasteiger partial charge in [0.1, 0.15) is 6.26 Å². The van der Waals surface area contributed by atoms with Crippen molar-refractivity contribution in [1.29, 1.82) is 0 Å². The number of anilines is 1. The summed E-state index contributed by atoms with van der Waals surface area (Å²) < 4.78 is 5.45. The maximum absolute atomic E-state index is 5.73. The summed E-state index contributed by atoms with van der Waals surface area (Å²) in [4.78, 5) is 6.55. The first-order valence-corrected chi connectivity index (χ1v) is 6.70. The molecule has 4 heteroatoms. The van der Waals surface area contributed by atoms with Gasteiger partial charge in [0.05, 0.1) is 11.6 Å². The standard InChI is InChI=1S/C14H15ClN2O/c15-8-13-10-18-14(16-13)17-7-6-12(9-17)11-4-2-1-3-5-11/h1-5,10,12H,6-9H2. The van der Waals surface area contributed by atoms with E-state index in [1.807, 2.05) is 0 Å². The predicted octanol–water partition coefficient (Wildman–Crippen LogP) is 3.41. The van der Waals surface area contributed by atoms with Crippen LogP contribution in [0.2, 0.25) is 0 Å². The Morgan fingerprint density at radius 2 is 2.17 bits per heavy atom. The Balaban J connectivity index is 1.72. The minimum absolute atomic E-state index is 0.402. The second kappa shape index (κ2) is 5.02. The monoisotopic (exact) mass is 262 g/mol. The molecule has 0 radical (unpaired) electrons. The summed E-state index contributed by atoms with van der Waals surface area (Å²) in [6, 6.07) is 11.3. The van der Waals surface area contributed by atoms with Crippen molar-refractivity contribution in [3.05, 3.63) is 47.9 Å². The Hall–Kier alpha value is -1.48. The maximum atomic E-state index is 5.73. The van der Waals surface area contributed by atoms with Crippen LogP contribution >= 0.6 is 11.6 Å². The van der Waals surface area contributed by atoms with Gasteiger partial charge in [0.15, 0.2) is 0 Å². The third kappa shape index (κ3) is 2.23. The van der Waals surface area contributed by atoms with E-state index in [0.717, 1.165) is 25.2 Å². The van der Waals surface area contributed by atoms with Crippen molar-refractivity contribution in [2.24, 2.45) is 0 Å². The predicted molar refractivity (Wildman–Crippen MR) is 72.1 cm³/mol. The first-order chi connectivity index (χ1) is 8.86. The molecule has 1 unspecified atom stereocenters. The van der Waals surface area contributed by atoms with Gasteiger partial charge in [0.25, 0.3) is 6.01 Å². The molecule has 1 aliphatic heterocycles. The summed E-state index contributed by atoms with van der Waals surface area (Å²) in [5.41, 5.74) is 2.19. The molecule has 0 spiro atoms. The fraction of sp³-hybridized carbons (Fsp3) is 0.357. The highest BCUT2D eigenvalue weighted by Crippen LogP contribution is 2.30. The fourth-order valence-corrected chi connectivity index (χ4v) is 2.56. The largest absolute Gasteiger partial charge is 0.432 e. The van der Waals surface area contributed by atoms with E-state index in [9.17, 15) is 0 Å². The van der Waals surface area contributed by atoms with Gasteiger partial charge in [-0.25, -0.2) is 0 Å². The molecule has 2 heterocycles. The number of hydrogen-bond acceptors (Lipinski definition) is 3. The van der Waals surface area contributed by atoms with Crippen molar-refractivity contribution < 1.29 is 4.42 Å². The summed E-state index contributed by atoms with van der Waals surface area (Å²) in [6.45, 7) is 1.95. The van der Waals surface area contributed by atoms with Gasteiger partial charge in [-0.15, -0.1) is 11.6 Å². The maximum Gasteiger partial charge on any atom is 0.297 e. The number of benzene rings is 1. The normalized spacial score (nSPS) is 19.4. The minimum Gasteiger partial charge on any atom is -0.432 e. The second-order valence-corrected chi connectivity index (χ2v) is 4.86. The van der Waals surface area contributed by atoms with E-state index in [1.54, 1.807) is 6.26 Å². The zero-order chi connectivity index (χ0) is 12.4. The topological polar surface area (TPSA) is 29.3 Å². The quantitative estimate of drug-likeness (QED) is 0.794. The molecule has 1 atom stereocenters. The molecule has 0 saturated carbocycles. The van der Waals surface area contributed by atoms with Gasteiger partial charge in [0, 0.05) is 19.0 Å². The van der Waals surface area contributed by atoms with Crippen LogP contribution in [-0.4, -0.2) is 18.1 Å². The number of alkyl halides is 1. The van der Waals surface area contributed by atoms with Crippen molar-refractivity contribution in [3.8, 4) is 0 Å². The lowest BCUT2D eigenvalue weighted by Crippen LogP contribution is -2.19. The SMILES string of the molecule is ClCc1coc(N2CCC(c3ccccc3)C2)n1. The molecule has 0 amide bonds. The number of aromatic nitrogens is 1. The van der Waals surface area contributed by atoms with Crippen LogP contribution in [-0.2, 0) is 5.88 Å². The van der Waals surface area contributed by atoms with Crippen LogP contribution in [0.3, 0.4) is 0 Å². The van der Waals surface area contributed by atoms with E-state index >= 15 is 0 Å². The number of rotatable bonds is 3. The molecule has 1 fully saturated rings. The molecular formula is C14H15ClN2O. The second-order valence-electron chi connectivity index (χ2n) is 4.60. The lowest BCUT2D eigenvalue weighted by atomic mass is 9.99. The van der Waals surface area contributed by atoms with Crippen LogP contribution in [0.4, 0.5) is 6.01 Å². The Bertz CT molecular complexity index is 512. The third-order valence-corrected chi connectivity index (χ3v) is 3.68. The van der Waals surface area contributed by atoms with Gasteiger partial charge < -0.3 is 9.32 Å². The molecule has 1 aromatic carbocycles. The highest BCUT2D eigenvalue weighted by molar-refractivity contribution is 6.16. The molecule has 1 aromatic heterocycles. The lowest BCUT2D eigenvalue weighted by molar-refractivity contribution is 0.545. The lowest BCUT2D eigenvalue weighted by Gasteiger charge is -2.13. The molecule has 3 nitrogen and oxygen atoms in total. The molecule has 3 rings (SSSR count). The Morgan fingerprint density at radius 1 is 1.33 bits per heavy atom. The smallest absolute Gasteiger partial charge is 0.297 e. The summed E-state index contributed by atoms with van der Waals surface area (Å²) in [6.07, 6.45) is 2.78. The first-order valence-electron chi connectivity index (χ1n) is 6.17. The molecule has 94 valence electrons. The fourth-order valence-electron chi connectivity index (χ4n) is 2.43. The molecular weight excluding hydrogens is 248 g/mol. The van der Waals surface area contributed by atoms with E-state index in [1.165, 1.54) is 5.56 Å². The van der Waals surface area contributed by atoms with Gasteiger partial charge in [0.2, 0.25) is 0 Å². The van der Waals surface area contributed by atoms with E-state index < -0.39 is 0 Å². The zero-order valence-corrected chi connectivity index (χ0v) is 10.8. The summed E-state index contributed by atoms with van der Waals surface area (Å²) in [7, 11) is 0. The Kier molecular flexibility index (Phi) is 3.24. The van der Waals surface area contributed by atoms with Crippen molar-refractivity contribution in [2.45, 2.75) is 18.2 Å². The van der Waals surface area contributed by atoms with E-state index in [-0.39, 0.29) is 0 Å². The van der Waals surface area contributed by atoms with Crippen LogP contribution in [0, 0.1) is 0 Å². The van der Waals surface area contributed by atoms with Crippen LogP contribution in [0.1, 0.15) is 23.6 Å². The highest BCUT2D eigenvalue weighted by atomic mass is 35.5. The van der Waals surface area contributed by atoms with Crippen molar-refractivity contribution in [2.75, 3.05) is 18.0 Å². The first kappa shape index (κ1) is 11.6. The van der Waals surface area contributed by atoms with Crippen LogP contribution in [0.15, 0.2) is 41.0 Å². The summed E-state index contributed by atoms with van der Waals surface area (Å²) >= 11 is 5.73. The van der Waals surface area contributed by atoms with Gasteiger partial charge >= 0.3 is 0 Å². The molecule has 2 aromatic rings. The minimum atomic E-state index is 0.402. The van der Waals surface area contributed by atoms with Crippen LogP contribution in [0.25, 0.3) is 0 Å². The molecule has 18 heavy (non-hydrogen) atoms. The molecule has 0 N–H and O–H groups in total. The Morgan fingerprint density at radius 3 is 2.89 bits per heavy atom. The van der Waals surface area contributed by atoms with Gasteiger partial charge in [-0.2, -0.15) is 4.98 Å². The molecule has 0 bridgehead atoms. The average Bonchev–Trinajstić information content (AvgIpc) is 3.08. The van der Waals surface area contributed by atoms with Crippen molar-refractivity contribution in [3.63, 3.8) is 0 Å². The van der Waals surface area contributed by atoms with E-state index in [4.69, 9.17) is 16.0 Å². The number of hydrogen-bond donors (Lipinski definition) is 0. The highest BCUT2D eigenvalue weighted by Gasteiger charge is 2.26. The van der Waals surface area contributed by atoms with Gasteiger partial charge in [-0.05, 0) is 12.0 Å². The van der Waals surface area contributed by atoms with Crippen LogP contribution in [0.5, 0.6) is 0 Å². The van der Waals surface area contributed by atoms with E-state index in [2.05, 4.69) is 40.2 Å². The summed E-state index contributed by atoms with van der Waals surface area (Å²) in [5, 5.41) is 0. The summed E-state index contributed by atoms with van der Waals surface area (Å²) in [5.74, 6) is 0.969. The van der Waals surface area contributed by atoms with Gasteiger partial charge in [-0.3, -0.25) is 0 Å². The molecule has 0 aliphatic carbocycles. The number of halogens is 1. The van der Waals surface area contributed by atoms with E-state index in [0.29, 0.717) is 17.8 Å². The third-order valence-electron chi connectivity index (χ3n) is 3.41. The van der Waals surface area contributed by atoms with Crippen molar-refractivity contribution >= 4 is 17.6 Å². The van der Waals surface area contributed by atoms with Gasteiger partial charge in [-0.1, -0.05) is 30.3 Å². The Labute approximate surface area is 111 Å². The molecule has 1 aliphatic rings. The van der Waals surface area contributed by atoms with Crippen LogP contribution < -0.4 is 4.90 Å². The number of oxazole rings is 1. The van der Waals surface area contributed by atoms with Crippen molar-refractivity contribution in [1.82, 2.24) is 4.98 Å². The zero-order valence-electron chi connectivity index (χ0n) is 10.1.